The summed E-state index contributed by atoms with van der Waals surface area (Å²) >= 11 is 0. The van der Waals surface area contributed by atoms with E-state index < -0.39 is 0 Å². The number of hydrogen-bond acceptors (Lipinski definition) is 3. The topological polar surface area (TPSA) is 32.3 Å². The molecule has 2 heterocycles. The molecule has 0 aromatic carbocycles. The van der Waals surface area contributed by atoms with Crippen LogP contribution in [0.3, 0.4) is 0 Å². The highest BCUT2D eigenvalue weighted by atomic mass is 16.1. The van der Waals surface area contributed by atoms with Gasteiger partial charge in [0.15, 0.2) is 0 Å². The van der Waals surface area contributed by atoms with E-state index in [0.29, 0.717) is 11.8 Å². The monoisotopic (exact) mass is 196 g/mol. The van der Waals surface area contributed by atoms with Crippen molar-refractivity contribution in [3.63, 3.8) is 0 Å². The van der Waals surface area contributed by atoms with Crippen LogP contribution in [-0.2, 0) is 4.79 Å². The molecule has 1 atom stereocenters. The van der Waals surface area contributed by atoms with Crippen molar-refractivity contribution in [2.75, 3.05) is 26.2 Å². The lowest BCUT2D eigenvalue weighted by molar-refractivity contribution is -0.118. The van der Waals surface area contributed by atoms with Crippen LogP contribution in [-0.4, -0.2) is 42.9 Å². The van der Waals surface area contributed by atoms with Gasteiger partial charge in [0.1, 0.15) is 5.78 Å². The smallest absolute Gasteiger partial charge is 0.134 e. The zero-order valence-electron chi connectivity index (χ0n) is 8.80. The lowest BCUT2D eigenvalue weighted by atomic mass is 10.1. The number of rotatable bonds is 1. The Morgan fingerprint density at radius 3 is 2.93 bits per heavy atom. The second kappa shape index (κ2) is 4.89. The van der Waals surface area contributed by atoms with Gasteiger partial charge in [0.05, 0.1) is 0 Å². The van der Waals surface area contributed by atoms with E-state index in [9.17, 15) is 4.79 Å². The molecule has 0 aromatic rings. The first-order chi connectivity index (χ1) is 6.86. The molecule has 2 rings (SSSR count). The fourth-order valence-corrected chi connectivity index (χ4v) is 2.49. The SMILES string of the molecule is O=C1CCCN(C2CCCNC2)CC1. The quantitative estimate of drug-likeness (QED) is 0.673. The van der Waals surface area contributed by atoms with Gasteiger partial charge in [0.25, 0.3) is 0 Å². The maximum absolute atomic E-state index is 11.3. The van der Waals surface area contributed by atoms with Gasteiger partial charge in [0.2, 0.25) is 0 Å². The standard InChI is InChI=1S/C11H20N2O/c14-11-4-2-7-13(8-5-11)10-3-1-6-12-9-10/h10,12H,1-9H2. The highest BCUT2D eigenvalue weighted by Gasteiger charge is 2.22. The second-order valence-electron chi connectivity index (χ2n) is 4.43. The zero-order valence-corrected chi connectivity index (χ0v) is 8.80. The minimum absolute atomic E-state index is 0.455. The predicted molar refractivity (Wildman–Crippen MR) is 56.3 cm³/mol. The van der Waals surface area contributed by atoms with Crippen LogP contribution in [0.2, 0.25) is 0 Å². The number of likely N-dealkylation sites (tertiary alicyclic amines) is 1. The molecule has 1 N–H and O–H groups in total. The van der Waals surface area contributed by atoms with Crippen molar-refractivity contribution in [3.8, 4) is 0 Å². The van der Waals surface area contributed by atoms with Gasteiger partial charge in [-0.25, -0.2) is 0 Å². The van der Waals surface area contributed by atoms with E-state index in [4.69, 9.17) is 0 Å². The van der Waals surface area contributed by atoms with Gasteiger partial charge in [-0.15, -0.1) is 0 Å². The van der Waals surface area contributed by atoms with Gasteiger partial charge in [0, 0.05) is 32.0 Å². The van der Waals surface area contributed by atoms with Crippen molar-refractivity contribution >= 4 is 5.78 Å². The van der Waals surface area contributed by atoms with E-state index in [0.717, 1.165) is 38.9 Å². The van der Waals surface area contributed by atoms with E-state index >= 15 is 0 Å². The Balaban J connectivity index is 1.86. The molecular formula is C11H20N2O. The molecule has 1 unspecified atom stereocenters. The molecule has 2 aliphatic heterocycles. The molecule has 0 amide bonds. The molecule has 3 nitrogen and oxygen atoms in total. The van der Waals surface area contributed by atoms with Crippen molar-refractivity contribution in [1.29, 1.82) is 0 Å². The molecular weight excluding hydrogens is 176 g/mol. The summed E-state index contributed by atoms with van der Waals surface area (Å²) in [6.45, 7) is 4.40. The van der Waals surface area contributed by atoms with Crippen LogP contribution in [0.25, 0.3) is 0 Å². The molecule has 0 bridgehead atoms. The summed E-state index contributed by atoms with van der Waals surface area (Å²) in [7, 11) is 0. The molecule has 0 radical (unpaired) electrons. The molecule has 0 saturated carbocycles. The summed E-state index contributed by atoms with van der Waals surface area (Å²) in [6, 6.07) is 0.689. The Hall–Kier alpha value is -0.410. The van der Waals surface area contributed by atoms with Crippen molar-refractivity contribution in [2.24, 2.45) is 0 Å². The van der Waals surface area contributed by atoms with Crippen molar-refractivity contribution in [1.82, 2.24) is 10.2 Å². The van der Waals surface area contributed by atoms with Crippen molar-refractivity contribution in [2.45, 2.75) is 38.1 Å². The Morgan fingerprint density at radius 2 is 2.14 bits per heavy atom. The lowest BCUT2D eigenvalue weighted by Crippen LogP contribution is -2.46. The van der Waals surface area contributed by atoms with Crippen LogP contribution < -0.4 is 5.32 Å². The number of piperidine rings is 1. The summed E-state index contributed by atoms with van der Waals surface area (Å²) in [5.41, 5.74) is 0. The van der Waals surface area contributed by atoms with E-state index in [1.54, 1.807) is 0 Å². The zero-order chi connectivity index (χ0) is 9.80. The third-order valence-corrected chi connectivity index (χ3v) is 3.37. The van der Waals surface area contributed by atoms with Crippen LogP contribution in [0.1, 0.15) is 32.1 Å². The molecule has 2 aliphatic rings. The average molecular weight is 196 g/mol. The van der Waals surface area contributed by atoms with Gasteiger partial charge in [-0.2, -0.15) is 0 Å². The van der Waals surface area contributed by atoms with Gasteiger partial charge >= 0.3 is 0 Å². The number of nitrogens with one attached hydrogen (secondary N) is 1. The van der Waals surface area contributed by atoms with Crippen LogP contribution in [0.5, 0.6) is 0 Å². The maximum atomic E-state index is 11.3. The van der Waals surface area contributed by atoms with E-state index in [2.05, 4.69) is 10.2 Å². The fourth-order valence-electron chi connectivity index (χ4n) is 2.49. The van der Waals surface area contributed by atoms with E-state index in [1.807, 2.05) is 0 Å². The normalized spacial score (nSPS) is 31.4. The third kappa shape index (κ3) is 2.55. The second-order valence-corrected chi connectivity index (χ2v) is 4.43. The minimum Gasteiger partial charge on any atom is -0.315 e. The molecule has 0 aromatic heterocycles. The van der Waals surface area contributed by atoms with Gasteiger partial charge < -0.3 is 5.32 Å². The molecule has 2 fully saturated rings. The first kappa shape index (κ1) is 10.1. The first-order valence-corrected chi connectivity index (χ1v) is 5.83. The summed E-state index contributed by atoms with van der Waals surface area (Å²) < 4.78 is 0. The number of carbonyl (C=O) groups is 1. The number of nitrogens with zero attached hydrogens (tertiary/aromatic N) is 1. The Kier molecular flexibility index (Phi) is 3.54. The van der Waals surface area contributed by atoms with Crippen LogP contribution >= 0.6 is 0 Å². The molecule has 80 valence electrons. The van der Waals surface area contributed by atoms with Crippen molar-refractivity contribution < 1.29 is 4.79 Å². The summed E-state index contributed by atoms with van der Waals surface area (Å²) in [5.74, 6) is 0.455. The lowest BCUT2D eigenvalue weighted by Gasteiger charge is -2.33. The van der Waals surface area contributed by atoms with Crippen LogP contribution in [0.4, 0.5) is 0 Å². The Labute approximate surface area is 85.8 Å². The largest absolute Gasteiger partial charge is 0.315 e. The number of hydrogen-bond donors (Lipinski definition) is 1. The maximum Gasteiger partial charge on any atom is 0.134 e. The fraction of sp³-hybridized carbons (Fsp3) is 0.909. The van der Waals surface area contributed by atoms with E-state index in [-0.39, 0.29) is 0 Å². The van der Waals surface area contributed by atoms with Gasteiger partial charge in [-0.3, -0.25) is 9.69 Å². The highest BCUT2D eigenvalue weighted by molar-refractivity contribution is 5.78. The average Bonchev–Trinajstić information content (AvgIpc) is 2.44. The minimum atomic E-state index is 0.455. The Bertz CT molecular complexity index is 199. The number of carbonyl (C=O) groups excluding carboxylic acids is 1. The third-order valence-electron chi connectivity index (χ3n) is 3.37. The van der Waals surface area contributed by atoms with E-state index in [1.165, 1.54) is 19.4 Å². The first-order valence-electron chi connectivity index (χ1n) is 5.83. The van der Waals surface area contributed by atoms with Gasteiger partial charge in [-0.05, 0) is 32.4 Å². The molecule has 2 saturated heterocycles. The van der Waals surface area contributed by atoms with Crippen LogP contribution in [0.15, 0.2) is 0 Å². The van der Waals surface area contributed by atoms with Crippen molar-refractivity contribution in [3.05, 3.63) is 0 Å². The number of ketones is 1. The summed E-state index contributed by atoms with van der Waals surface area (Å²) in [4.78, 5) is 13.8. The van der Waals surface area contributed by atoms with Gasteiger partial charge in [-0.1, -0.05) is 0 Å². The molecule has 3 heteroatoms. The molecule has 14 heavy (non-hydrogen) atoms. The molecule has 0 spiro atoms. The highest BCUT2D eigenvalue weighted by Crippen LogP contribution is 2.15. The number of Topliss-reactive ketones (excluding diaryl/α,β-unsaturated/α-hetero) is 1. The van der Waals surface area contributed by atoms with Crippen LogP contribution in [0, 0.1) is 0 Å². The summed E-state index contributed by atoms with van der Waals surface area (Å²) in [6.07, 6.45) is 5.23. The predicted octanol–water partition coefficient (Wildman–Crippen LogP) is 0.793. The Morgan fingerprint density at radius 1 is 1.21 bits per heavy atom. The summed E-state index contributed by atoms with van der Waals surface area (Å²) in [5, 5.41) is 3.44. The molecule has 0 aliphatic carbocycles.